The molecule has 1 aliphatic heterocycles. The van der Waals surface area contributed by atoms with E-state index in [0.717, 1.165) is 6.07 Å². The van der Waals surface area contributed by atoms with Crippen molar-refractivity contribution >= 4 is 13.1 Å². The highest BCUT2D eigenvalue weighted by Crippen LogP contribution is 2.38. The van der Waals surface area contributed by atoms with Crippen LogP contribution in [0.25, 0.3) is 0 Å². The number of carboxylic acid groups (broad SMARTS) is 1. The highest BCUT2D eigenvalue weighted by Gasteiger charge is 2.35. The molecular formula is C10H10BFO5. The molecule has 1 aromatic rings. The van der Waals surface area contributed by atoms with Crippen molar-refractivity contribution in [3.8, 4) is 5.75 Å². The lowest BCUT2D eigenvalue weighted by Gasteiger charge is -2.27. The second-order valence-corrected chi connectivity index (χ2v) is 3.83. The van der Waals surface area contributed by atoms with Crippen LogP contribution in [0, 0.1) is 5.82 Å². The number of aliphatic hydroxyl groups excluding tert-OH is 1. The average Bonchev–Trinajstić information content (AvgIpc) is 2.26. The molecule has 0 amide bonds. The normalized spacial score (nSPS) is 18.5. The summed E-state index contributed by atoms with van der Waals surface area (Å²) in [4.78, 5) is 10.9. The van der Waals surface area contributed by atoms with Gasteiger partial charge in [-0.25, -0.2) is 9.18 Å². The van der Waals surface area contributed by atoms with Gasteiger partial charge in [0.15, 0.2) is 0 Å². The van der Waals surface area contributed by atoms with E-state index in [-0.39, 0.29) is 18.7 Å². The van der Waals surface area contributed by atoms with E-state index in [1.165, 1.54) is 6.07 Å². The fourth-order valence-corrected chi connectivity index (χ4v) is 1.95. The van der Waals surface area contributed by atoms with Crippen molar-refractivity contribution in [2.24, 2.45) is 0 Å². The Balaban J connectivity index is 2.60. The Hall–Kier alpha value is -1.60. The summed E-state index contributed by atoms with van der Waals surface area (Å²) in [7, 11) is -1.24. The third kappa shape index (κ3) is 1.99. The largest absolute Gasteiger partial charge is 0.535 e. The van der Waals surface area contributed by atoms with Gasteiger partial charge < -0.3 is 19.9 Å². The van der Waals surface area contributed by atoms with E-state index < -0.39 is 30.4 Å². The van der Waals surface area contributed by atoms with Crippen LogP contribution < -0.4 is 4.65 Å². The minimum atomic E-state index is -1.47. The van der Waals surface area contributed by atoms with Gasteiger partial charge in [0.05, 0.1) is 0 Å². The Kier molecular flexibility index (Phi) is 3.04. The fourth-order valence-electron chi connectivity index (χ4n) is 1.95. The van der Waals surface area contributed by atoms with Crippen LogP contribution in [0.4, 0.5) is 4.39 Å². The fraction of sp³-hybridized carbons (Fsp3) is 0.300. The van der Waals surface area contributed by atoms with Crippen molar-refractivity contribution in [2.45, 2.75) is 12.2 Å². The first kappa shape index (κ1) is 11.9. The van der Waals surface area contributed by atoms with Crippen molar-refractivity contribution < 1.29 is 29.1 Å². The van der Waals surface area contributed by atoms with Gasteiger partial charge in [-0.15, -0.1) is 0 Å². The first-order valence-corrected chi connectivity index (χ1v) is 5.06. The lowest BCUT2D eigenvalue weighted by molar-refractivity contribution is 0.0688. The average molecular weight is 240 g/mol. The van der Waals surface area contributed by atoms with E-state index in [9.17, 15) is 14.2 Å². The molecule has 1 atom stereocenters. The summed E-state index contributed by atoms with van der Waals surface area (Å²) in [6.07, 6.45) is 0.147. The van der Waals surface area contributed by atoms with Crippen LogP contribution >= 0.6 is 0 Å². The van der Waals surface area contributed by atoms with Gasteiger partial charge in [0.1, 0.15) is 17.1 Å². The molecule has 1 aliphatic rings. The molecule has 3 N–H and O–H groups in total. The molecule has 0 spiro atoms. The Labute approximate surface area is 96.6 Å². The summed E-state index contributed by atoms with van der Waals surface area (Å²) in [6, 6.07) is 2.38. The summed E-state index contributed by atoms with van der Waals surface area (Å²) in [5.74, 6) is -3.05. The monoisotopic (exact) mass is 240 g/mol. The molecule has 0 aromatic heterocycles. The quantitative estimate of drug-likeness (QED) is 0.654. The predicted molar refractivity (Wildman–Crippen MR) is 56.6 cm³/mol. The maximum absolute atomic E-state index is 13.4. The standard InChI is InChI=1S/C10H10BFO5/c12-7-2-1-6-5(4-13)3-11(16)17-9(6)8(7)10(14)15/h1-2,5,13,16H,3-4H2,(H,14,15). The number of aliphatic hydroxyl groups is 1. The molecule has 17 heavy (non-hydrogen) atoms. The van der Waals surface area contributed by atoms with Crippen LogP contribution in [-0.2, 0) is 0 Å². The number of halogens is 1. The molecule has 0 fully saturated rings. The Morgan fingerprint density at radius 2 is 2.29 bits per heavy atom. The van der Waals surface area contributed by atoms with E-state index in [1.807, 2.05) is 0 Å². The highest BCUT2D eigenvalue weighted by atomic mass is 19.1. The molecule has 0 saturated heterocycles. The van der Waals surface area contributed by atoms with E-state index in [0.29, 0.717) is 5.56 Å². The zero-order valence-electron chi connectivity index (χ0n) is 8.76. The van der Waals surface area contributed by atoms with Crippen molar-refractivity contribution in [1.29, 1.82) is 0 Å². The Morgan fingerprint density at radius 1 is 1.59 bits per heavy atom. The summed E-state index contributed by atoms with van der Waals surface area (Å²) in [6.45, 7) is -0.266. The van der Waals surface area contributed by atoms with Crippen LogP contribution in [0.3, 0.4) is 0 Å². The minimum absolute atomic E-state index is 0.147. The van der Waals surface area contributed by atoms with Crippen molar-refractivity contribution in [3.63, 3.8) is 0 Å². The van der Waals surface area contributed by atoms with Crippen LogP contribution in [0.2, 0.25) is 6.32 Å². The zero-order chi connectivity index (χ0) is 12.6. The number of aromatic carboxylic acids is 1. The molecule has 0 radical (unpaired) electrons. The molecule has 5 nitrogen and oxygen atoms in total. The number of carbonyl (C=O) groups is 1. The van der Waals surface area contributed by atoms with E-state index in [1.54, 1.807) is 0 Å². The molecule has 0 aliphatic carbocycles. The molecule has 1 heterocycles. The Bertz CT molecular complexity index is 464. The van der Waals surface area contributed by atoms with Gasteiger partial charge in [-0.3, -0.25) is 0 Å². The number of rotatable bonds is 2. The molecule has 0 saturated carbocycles. The summed E-state index contributed by atoms with van der Waals surface area (Å²) < 4.78 is 18.3. The number of benzene rings is 1. The summed E-state index contributed by atoms with van der Waals surface area (Å²) >= 11 is 0. The number of hydrogen-bond acceptors (Lipinski definition) is 4. The zero-order valence-corrected chi connectivity index (χ0v) is 8.76. The van der Waals surface area contributed by atoms with Crippen molar-refractivity contribution in [2.75, 3.05) is 6.61 Å². The predicted octanol–water partition coefficient (Wildman–Crippen LogP) is 0.473. The van der Waals surface area contributed by atoms with Gasteiger partial charge in [-0.05, 0) is 11.6 Å². The molecule has 2 rings (SSSR count). The second kappa shape index (κ2) is 4.35. The maximum Gasteiger partial charge on any atom is 0.523 e. The summed E-state index contributed by atoms with van der Waals surface area (Å²) in [5.41, 5.74) is -0.212. The summed E-state index contributed by atoms with van der Waals surface area (Å²) in [5, 5.41) is 27.5. The smallest absolute Gasteiger partial charge is 0.523 e. The van der Waals surface area contributed by atoms with E-state index in [2.05, 4.69) is 0 Å². The van der Waals surface area contributed by atoms with Gasteiger partial charge in [0.25, 0.3) is 0 Å². The SMILES string of the molecule is O=C(O)c1c(F)ccc2c1OB(O)CC2CO. The molecule has 7 heteroatoms. The van der Waals surface area contributed by atoms with Gasteiger partial charge in [-0.1, -0.05) is 6.07 Å². The first-order valence-electron chi connectivity index (χ1n) is 5.06. The van der Waals surface area contributed by atoms with Gasteiger partial charge in [0, 0.05) is 18.8 Å². The number of fused-ring (bicyclic) bond motifs is 1. The van der Waals surface area contributed by atoms with Crippen molar-refractivity contribution in [3.05, 3.63) is 29.1 Å². The van der Waals surface area contributed by atoms with Gasteiger partial charge in [0.2, 0.25) is 0 Å². The van der Waals surface area contributed by atoms with Crippen LogP contribution in [0.5, 0.6) is 5.75 Å². The third-order valence-corrected chi connectivity index (χ3v) is 2.75. The van der Waals surface area contributed by atoms with E-state index in [4.69, 9.17) is 14.9 Å². The molecule has 1 unspecified atom stereocenters. The Morgan fingerprint density at radius 3 is 2.88 bits per heavy atom. The third-order valence-electron chi connectivity index (χ3n) is 2.75. The van der Waals surface area contributed by atoms with Crippen LogP contribution in [0.15, 0.2) is 12.1 Å². The first-order chi connectivity index (χ1) is 8.04. The minimum Gasteiger partial charge on any atom is -0.535 e. The number of carboxylic acids is 1. The van der Waals surface area contributed by atoms with Crippen molar-refractivity contribution in [1.82, 2.24) is 0 Å². The molecular weight excluding hydrogens is 230 g/mol. The lowest BCUT2D eigenvalue weighted by atomic mass is 9.72. The highest BCUT2D eigenvalue weighted by molar-refractivity contribution is 6.44. The van der Waals surface area contributed by atoms with Gasteiger partial charge >= 0.3 is 13.1 Å². The molecule has 90 valence electrons. The second-order valence-electron chi connectivity index (χ2n) is 3.83. The van der Waals surface area contributed by atoms with Gasteiger partial charge in [-0.2, -0.15) is 0 Å². The van der Waals surface area contributed by atoms with E-state index >= 15 is 0 Å². The lowest BCUT2D eigenvalue weighted by Crippen LogP contribution is -2.32. The molecule has 0 bridgehead atoms. The number of hydrogen-bond donors (Lipinski definition) is 3. The van der Waals surface area contributed by atoms with Crippen LogP contribution in [0.1, 0.15) is 21.8 Å². The maximum atomic E-state index is 13.4. The topological polar surface area (TPSA) is 87.0 Å². The van der Waals surface area contributed by atoms with Crippen LogP contribution in [-0.4, -0.2) is 34.9 Å². The molecule has 1 aromatic carbocycles.